The fraction of sp³-hybridized carbons (Fsp3) is 0.0714. The van der Waals surface area contributed by atoms with E-state index >= 15 is 0 Å². The summed E-state index contributed by atoms with van der Waals surface area (Å²) in [5.74, 6) is 0.595. The summed E-state index contributed by atoms with van der Waals surface area (Å²) in [5.41, 5.74) is 1.73. The molecule has 1 aliphatic rings. The summed E-state index contributed by atoms with van der Waals surface area (Å²) in [6.07, 6.45) is 0. The minimum absolute atomic E-state index is 0.0792. The molecule has 0 bridgehead atoms. The van der Waals surface area contributed by atoms with Gasteiger partial charge in [-0.2, -0.15) is 5.06 Å². The van der Waals surface area contributed by atoms with Crippen molar-refractivity contribution in [3.63, 3.8) is 0 Å². The molecule has 3 heteroatoms. The highest BCUT2D eigenvalue weighted by Crippen LogP contribution is 2.23. The number of hydrogen-bond acceptors (Lipinski definition) is 2. The van der Waals surface area contributed by atoms with Crippen LogP contribution in [0.2, 0.25) is 0 Å². The second-order valence-corrected chi connectivity index (χ2v) is 3.90. The maximum Gasteiger partial charge on any atom is 0.287 e. The van der Waals surface area contributed by atoms with Crippen LogP contribution in [0.5, 0.6) is 5.75 Å². The Bertz CT molecular complexity index is 551. The van der Waals surface area contributed by atoms with Gasteiger partial charge in [0.1, 0.15) is 0 Å². The van der Waals surface area contributed by atoms with E-state index in [0.717, 1.165) is 11.1 Å². The summed E-state index contributed by atoms with van der Waals surface area (Å²) in [7, 11) is 0. The van der Waals surface area contributed by atoms with Crippen molar-refractivity contribution in [1.29, 1.82) is 0 Å². The molecule has 3 nitrogen and oxygen atoms in total. The molecule has 0 unspecified atom stereocenters. The number of hydrogen-bond donors (Lipinski definition) is 0. The zero-order chi connectivity index (χ0) is 11.7. The number of benzene rings is 2. The normalized spacial score (nSPS) is 13.6. The lowest BCUT2D eigenvalue weighted by atomic mass is 10.1. The van der Waals surface area contributed by atoms with E-state index in [1.807, 2.05) is 54.6 Å². The van der Waals surface area contributed by atoms with Crippen molar-refractivity contribution >= 4 is 5.91 Å². The Balaban J connectivity index is 1.83. The standard InChI is InChI=1S/C14H11NO2/c16-14-13-9-5-4-6-11(13)10-15(14)17-12-7-2-1-3-8-12/h1-9H,10H2. The molecule has 1 heterocycles. The molecule has 0 N–H and O–H groups in total. The quantitative estimate of drug-likeness (QED) is 0.786. The van der Waals surface area contributed by atoms with Crippen LogP contribution in [0.1, 0.15) is 15.9 Å². The number of amides is 1. The molecule has 3 rings (SSSR count). The van der Waals surface area contributed by atoms with Crippen LogP contribution < -0.4 is 4.84 Å². The summed E-state index contributed by atoms with van der Waals surface area (Å²) < 4.78 is 0. The maximum absolute atomic E-state index is 12.0. The largest absolute Gasteiger partial charge is 0.376 e. The smallest absolute Gasteiger partial charge is 0.287 e. The number of carbonyl (C=O) groups is 1. The number of rotatable bonds is 2. The van der Waals surface area contributed by atoms with Crippen LogP contribution in [0.25, 0.3) is 0 Å². The van der Waals surface area contributed by atoms with Crippen molar-refractivity contribution < 1.29 is 9.63 Å². The van der Waals surface area contributed by atoms with Crippen LogP contribution in [0.4, 0.5) is 0 Å². The van der Waals surface area contributed by atoms with Gasteiger partial charge in [0.05, 0.1) is 6.54 Å². The molecule has 17 heavy (non-hydrogen) atoms. The fourth-order valence-electron chi connectivity index (χ4n) is 1.91. The van der Waals surface area contributed by atoms with E-state index < -0.39 is 0 Å². The van der Waals surface area contributed by atoms with Gasteiger partial charge in [-0.15, -0.1) is 0 Å². The topological polar surface area (TPSA) is 29.5 Å². The van der Waals surface area contributed by atoms with E-state index in [2.05, 4.69) is 0 Å². The average molecular weight is 225 g/mol. The fourth-order valence-corrected chi connectivity index (χ4v) is 1.91. The monoisotopic (exact) mass is 225 g/mol. The Morgan fingerprint density at radius 2 is 1.65 bits per heavy atom. The van der Waals surface area contributed by atoms with Crippen molar-refractivity contribution in [1.82, 2.24) is 5.06 Å². The first kappa shape index (κ1) is 9.90. The molecule has 0 spiro atoms. The van der Waals surface area contributed by atoms with Crippen molar-refractivity contribution in [3.05, 3.63) is 65.7 Å². The molecule has 84 valence electrons. The molecular weight excluding hydrogens is 214 g/mol. The lowest BCUT2D eigenvalue weighted by molar-refractivity contribution is -0.0323. The molecular formula is C14H11NO2. The molecule has 0 fully saturated rings. The zero-order valence-electron chi connectivity index (χ0n) is 9.17. The van der Waals surface area contributed by atoms with Crippen molar-refractivity contribution in [3.8, 4) is 5.75 Å². The summed E-state index contributed by atoms with van der Waals surface area (Å²) in [4.78, 5) is 17.6. The van der Waals surface area contributed by atoms with Gasteiger partial charge < -0.3 is 4.84 Å². The molecule has 0 saturated heterocycles. The van der Waals surface area contributed by atoms with Gasteiger partial charge in [-0.25, -0.2) is 0 Å². The lowest BCUT2D eigenvalue weighted by Crippen LogP contribution is -2.27. The summed E-state index contributed by atoms with van der Waals surface area (Å²) >= 11 is 0. The van der Waals surface area contributed by atoms with Crippen LogP contribution >= 0.6 is 0 Å². The number of nitrogens with zero attached hydrogens (tertiary/aromatic N) is 1. The lowest BCUT2D eigenvalue weighted by Gasteiger charge is -2.15. The Labute approximate surface area is 99.2 Å². The van der Waals surface area contributed by atoms with E-state index in [-0.39, 0.29) is 5.91 Å². The first-order valence-electron chi connectivity index (χ1n) is 5.47. The van der Waals surface area contributed by atoms with E-state index in [1.165, 1.54) is 5.06 Å². The second-order valence-electron chi connectivity index (χ2n) is 3.90. The highest BCUT2D eigenvalue weighted by molar-refractivity contribution is 5.97. The molecule has 0 radical (unpaired) electrons. The highest BCUT2D eigenvalue weighted by Gasteiger charge is 2.28. The van der Waals surface area contributed by atoms with Crippen LogP contribution in [-0.2, 0) is 6.54 Å². The van der Waals surface area contributed by atoms with Crippen molar-refractivity contribution in [2.45, 2.75) is 6.54 Å². The predicted molar refractivity (Wildman–Crippen MR) is 63.4 cm³/mol. The third kappa shape index (κ3) is 1.76. The molecule has 0 atom stereocenters. The van der Waals surface area contributed by atoms with Gasteiger partial charge in [-0.3, -0.25) is 4.79 Å². The van der Waals surface area contributed by atoms with Gasteiger partial charge in [0.25, 0.3) is 5.91 Å². The molecule has 0 aromatic heterocycles. The molecule has 1 aliphatic heterocycles. The van der Waals surface area contributed by atoms with E-state index in [1.54, 1.807) is 0 Å². The van der Waals surface area contributed by atoms with E-state index in [0.29, 0.717) is 12.3 Å². The molecule has 1 amide bonds. The predicted octanol–water partition coefficient (Wildman–Crippen LogP) is 2.64. The first-order chi connectivity index (χ1) is 8.34. The van der Waals surface area contributed by atoms with Gasteiger partial charge in [-0.1, -0.05) is 36.4 Å². The third-order valence-electron chi connectivity index (χ3n) is 2.75. The third-order valence-corrected chi connectivity index (χ3v) is 2.75. The van der Waals surface area contributed by atoms with Crippen LogP contribution in [0.15, 0.2) is 54.6 Å². The minimum Gasteiger partial charge on any atom is -0.376 e. The second kappa shape index (κ2) is 3.94. The van der Waals surface area contributed by atoms with Crippen LogP contribution in [0.3, 0.4) is 0 Å². The van der Waals surface area contributed by atoms with Crippen molar-refractivity contribution in [2.75, 3.05) is 0 Å². The minimum atomic E-state index is -0.0792. The Morgan fingerprint density at radius 1 is 0.941 bits per heavy atom. The number of para-hydroxylation sites is 1. The number of carbonyl (C=O) groups excluding carboxylic acids is 1. The summed E-state index contributed by atoms with van der Waals surface area (Å²) in [5, 5.41) is 1.39. The van der Waals surface area contributed by atoms with Gasteiger partial charge >= 0.3 is 0 Å². The van der Waals surface area contributed by atoms with Gasteiger partial charge in [-0.05, 0) is 23.8 Å². The van der Waals surface area contributed by atoms with Crippen LogP contribution in [0, 0.1) is 0 Å². The van der Waals surface area contributed by atoms with Gasteiger partial charge in [0.2, 0.25) is 0 Å². The number of fused-ring (bicyclic) bond motifs is 1. The van der Waals surface area contributed by atoms with Gasteiger partial charge in [0, 0.05) is 5.56 Å². The SMILES string of the molecule is O=C1c2ccccc2CN1Oc1ccccc1. The molecule has 0 aliphatic carbocycles. The first-order valence-corrected chi connectivity index (χ1v) is 5.47. The zero-order valence-corrected chi connectivity index (χ0v) is 9.17. The Kier molecular flexibility index (Phi) is 2.29. The Hall–Kier alpha value is -2.29. The van der Waals surface area contributed by atoms with E-state index in [9.17, 15) is 4.79 Å². The summed E-state index contributed by atoms with van der Waals surface area (Å²) in [6, 6.07) is 16.9. The highest BCUT2D eigenvalue weighted by atomic mass is 16.7. The van der Waals surface area contributed by atoms with E-state index in [4.69, 9.17) is 4.84 Å². The summed E-state index contributed by atoms with van der Waals surface area (Å²) in [6.45, 7) is 0.504. The van der Waals surface area contributed by atoms with Crippen molar-refractivity contribution in [2.24, 2.45) is 0 Å². The molecule has 2 aromatic rings. The van der Waals surface area contributed by atoms with Crippen LogP contribution in [-0.4, -0.2) is 11.0 Å². The van der Waals surface area contributed by atoms with Gasteiger partial charge in [0.15, 0.2) is 5.75 Å². The number of hydroxylamine groups is 2. The average Bonchev–Trinajstić information content (AvgIpc) is 2.68. The maximum atomic E-state index is 12.0. The molecule has 2 aromatic carbocycles. The molecule has 0 saturated carbocycles. The Morgan fingerprint density at radius 3 is 2.41 bits per heavy atom.